The summed E-state index contributed by atoms with van der Waals surface area (Å²) in [4.78, 5) is 17.6. The van der Waals surface area contributed by atoms with E-state index in [1.54, 1.807) is 12.3 Å². The van der Waals surface area contributed by atoms with Gasteiger partial charge in [-0.3, -0.25) is 10.1 Å². The number of amides is 1. The van der Waals surface area contributed by atoms with Crippen LogP contribution in [0.5, 0.6) is 0 Å². The molecule has 6 nitrogen and oxygen atoms in total. The lowest BCUT2D eigenvalue weighted by molar-refractivity contribution is 0.102. The van der Waals surface area contributed by atoms with Crippen molar-refractivity contribution >= 4 is 28.1 Å². The summed E-state index contributed by atoms with van der Waals surface area (Å²) in [5.41, 5.74) is 7.82. The van der Waals surface area contributed by atoms with Crippen molar-refractivity contribution in [1.82, 2.24) is 4.98 Å². The number of aryl methyl sites for hydroxylation is 1. The minimum atomic E-state index is -0.153. The predicted molar refractivity (Wildman–Crippen MR) is 94.3 cm³/mol. The molecule has 2 aromatic rings. The highest BCUT2D eigenvalue weighted by molar-refractivity contribution is 7.15. The molecule has 0 unspecified atom stereocenters. The van der Waals surface area contributed by atoms with Crippen LogP contribution < -0.4 is 16.4 Å². The van der Waals surface area contributed by atoms with Gasteiger partial charge < -0.3 is 15.8 Å². The van der Waals surface area contributed by atoms with Crippen molar-refractivity contribution in [3.63, 3.8) is 0 Å². The minimum absolute atomic E-state index is 0.153. The Morgan fingerprint density at radius 3 is 2.87 bits per heavy atom. The van der Waals surface area contributed by atoms with Crippen LogP contribution in [0, 0.1) is 13.8 Å². The molecule has 0 spiro atoms. The van der Waals surface area contributed by atoms with Gasteiger partial charge in [-0.15, -0.1) is 11.3 Å². The van der Waals surface area contributed by atoms with Crippen LogP contribution in [-0.4, -0.2) is 37.2 Å². The average molecular weight is 334 g/mol. The van der Waals surface area contributed by atoms with Crippen molar-refractivity contribution in [3.05, 3.63) is 40.4 Å². The SMILES string of the molecule is Cc1cnc(NC(=O)c2cccc(NCCOCCN)c2C)s1. The Labute approximate surface area is 140 Å². The number of nitrogens with one attached hydrogen (secondary N) is 2. The summed E-state index contributed by atoms with van der Waals surface area (Å²) in [6, 6.07) is 5.61. The maximum atomic E-state index is 12.4. The maximum absolute atomic E-state index is 12.4. The zero-order valence-corrected chi connectivity index (χ0v) is 14.2. The molecular weight excluding hydrogens is 312 g/mol. The summed E-state index contributed by atoms with van der Waals surface area (Å²) in [7, 11) is 0. The number of anilines is 2. The Morgan fingerprint density at radius 1 is 1.35 bits per heavy atom. The fourth-order valence-electron chi connectivity index (χ4n) is 2.09. The second kappa shape index (κ2) is 8.61. The van der Waals surface area contributed by atoms with E-state index in [4.69, 9.17) is 10.5 Å². The van der Waals surface area contributed by atoms with Gasteiger partial charge >= 0.3 is 0 Å². The predicted octanol–water partition coefficient (Wildman–Crippen LogP) is 2.40. The van der Waals surface area contributed by atoms with Crippen LogP contribution in [0.4, 0.5) is 10.8 Å². The van der Waals surface area contributed by atoms with E-state index in [0.717, 1.165) is 16.1 Å². The molecule has 1 aromatic carbocycles. The van der Waals surface area contributed by atoms with Gasteiger partial charge in [-0.2, -0.15) is 0 Å². The van der Waals surface area contributed by atoms with Crippen molar-refractivity contribution in [2.45, 2.75) is 13.8 Å². The lowest BCUT2D eigenvalue weighted by atomic mass is 10.1. The average Bonchev–Trinajstić information content (AvgIpc) is 2.93. The van der Waals surface area contributed by atoms with Gasteiger partial charge in [0.25, 0.3) is 5.91 Å². The van der Waals surface area contributed by atoms with Gasteiger partial charge in [-0.05, 0) is 31.5 Å². The van der Waals surface area contributed by atoms with Crippen molar-refractivity contribution in [1.29, 1.82) is 0 Å². The van der Waals surface area contributed by atoms with Gasteiger partial charge in [0.15, 0.2) is 5.13 Å². The summed E-state index contributed by atoms with van der Waals surface area (Å²) >= 11 is 1.46. The van der Waals surface area contributed by atoms with E-state index in [9.17, 15) is 4.79 Å². The Bertz CT molecular complexity index is 657. The first-order valence-corrected chi connectivity index (χ1v) is 8.28. The van der Waals surface area contributed by atoms with E-state index in [1.165, 1.54) is 11.3 Å². The molecule has 124 valence electrons. The Kier molecular flexibility index (Phi) is 6.52. The number of carbonyl (C=O) groups excluding carboxylic acids is 1. The molecule has 0 atom stereocenters. The largest absolute Gasteiger partial charge is 0.382 e. The summed E-state index contributed by atoms with van der Waals surface area (Å²) in [6.45, 7) is 6.19. The van der Waals surface area contributed by atoms with E-state index >= 15 is 0 Å². The van der Waals surface area contributed by atoms with Gasteiger partial charge in [0.2, 0.25) is 0 Å². The van der Waals surface area contributed by atoms with Crippen LogP contribution in [-0.2, 0) is 4.74 Å². The molecule has 0 fully saturated rings. The number of hydrogen-bond donors (Lipinski definition) is 3. The Balaban J connectivity index is 1.99. The molecule has 23 heavy (non-hydrogen) atoms. The van der Waals surface area contributed by atoms with Crippen molar-refractivity contribution in [2.24, 2.45) is 5.73 Å². The third kappa shape index (κ3) is 5.02. The number of rotatable bonds is 8. The molecule has 2 rings (SSSR count). The first kappa shape index (κ1) is 17.4. The van der Waals surface area contributed by atoms with E-state index in [2.05, 4.69) is 15.6 Å². The fourth-order valence-corrected chi connectivity index (χ4v) is 2.75. The van der Waals surface area contributed by atoms with Crippen LogP contribution in [0.1, 0.15) is 20.8 Å². The van der Waals surface area contributed by atoms with Crippen LogP contribution in [0.15, 0.2) is 24.4 Å². The summed E-state index contributed by atoms with van der Waals surface area (Å²) in [5, 5.41) is 6.72. The van der Waals surface area contributed by atoms with Crippen LogP contribution in [0.25, 0.3) is 0 Å². The highest BCUT2D eigenvalue weighted by Crippen LogP contribution is 2.22. The van der Waals surface area contributed by atoms with Crippen molar-refractivity contribution in [3.8, 4) is 0 Å². The highest BCUT2D eigenvalue weighted by Gasteiger charge is 2.13. The van der Waals surface area contributed by atoms with Gasteiger partial charge in [0, 0.05) is 35.4 Å². The van der Waals surface area contributed by atoms with Crippen LogP contribution in [0.3, 0.4) is 0 Å². The van der Waals surface area contributed by atoms with Crippen LogP contribution >= 0.6 is 11.3 Å². The topological polar surface area (TPSA) is 89.3 Å². The molecule has 0 bridgehead atoms. The molecule has 0 saturated carbocycles. The number of thiazole rings is 1. The molecule has 4 N–H and O–H groups in total. The number of hydrogen-bond acceptors (Lipinski definition) is 6. The molecule has 1 aromatic heterocycles. The van der Waals surface area contributed by atoms with E-state index in [0.29, 0.717) is 37.0 Å². The van der Waals surface area contributed by atoms with E-state index in [1.807, 2.05) is 26.0 Å². The van der Waals surface area contributed by atoms with Crippen molar-refractivity contribution in [2.75, 3.05) is 36.9 Å². The lowest BCUT2D eigenvalue weighted by Gasteiger charge is -2.13. The molecule has 0 radical (unpaired) electrons. The van der Waals surface area contributed by atoms with Crippen molar-refractivity contribution < 1.29 is 9.53 Å². The van der Waals surface area contributed by atoms with E-state index < -0.39 is 0 Å². The monoisotopic (exact) mass is 334 g/mol. The molecule has 0 aliphatic carbocycles. The number of aromatic nitrogens is 1. The summed E-state index contributed by atoms with van der Waals surface area (Å²) < 4.78 is 5.33. The summed E-state index contributed by atoms with van der Waals surface area (Å²) in [5.74, 6) is -0.153. The number of benzene rings is 1. The lowest BCUT2D eigenvalue weighted by Crippen LogP contribution is -2.17. The highest BCUT2D eigenvalue weighted by atomic mass is 32.1. The van der Waals surface area contributed by atoms with Gasteiger partial charge in [-0.1, -0.05) is 6.07 Å². The van der Waals surface area contributed by atoms with Crippen LogP contribution in [0.2, 0.25) is 0 Å². The zero-order chi connectivity index (χ0) is 16.7. The maximum Gasteiger partial charge on any atom is 0.257 e. The summed E-state index contributed by atoms with van der Waals surface area (Å²) in [6.07, 6.45) is 1.74. The standard InChI is InChI=1S/C16H22N4O2S/c1-11-10-19-16(23-11)20-15(21)13-4-3-5-14(12(13)2)18-7-9-22-8-6-17/h3-5,10,18H,6-9,17H2,1-2H3,(H,19,20,21). The number of carbonyl (C=O) groups is 1. The Morgan fingerprint density at radius 2 is 2.17 bits per heavy atom. The first-order chi connectivity index (χ1) is 11.1. The normalized spacial score (nSPS) is 10.6. The molecular formula is C16H22N4O2S. The first-order valence-electron chi connectivity index (χ1n) is 7.47. The number of ether oxygens (including phenoxy) is 1. The van der Waals surface area contributed by atoms with Gasteiger partial charge in [0.1, 0.15) is 0 Å². The Hall–Kier alpha value is -1.96. The molecule has 0 saturated heterocycles. The fraction of sp³-hybridized carbons (Fsp3) is 0.375. The second-order valence-corrected chi connectivity index (χ2v) is 6.27. The van der Waals surface area contributed by atoms with Gasteiger partial charge in [-0.25, -0.2) is 4.98 Å². The smallest absolute Gasteiger partial charge is 0.257 e. The number of nitrogens with zero attached hydrogens (tertiary/aromatic N) is 1. The van der Waals surface area contributed by atoms with E-state index in [-0.39, 0.29) is 5.91 Å². The molecule has 1 amide bonds. The molecule has 7 heteroatoms. The minimum Gasteiger partial charge on any atom is -0.382 e. The second-order valence-electron chi connectivity index (χ2n) is 5.04. The number of nitrogens with two attached hydrogens (primary N) is 1. The third-order valence-corrected chi connectivity index (χ3v) is 4.07. The molecule has 1 heterocycles. The quantitative estimate of drug-likeness (QED) is 0.645. The molecule has 0 aliphatic rings. The van der Waals surface area contributed by atoms with Gasteiger partial charge in [0.05, 0.1) is 13.2 Å². The third-order valence-electron chi connectivity index (χ3n) is 3.24. The molecule has 0 aliphatic heterocycles. The zero-order valence-electron chi connectivity index (χ0n) is 13.4.